The molecule has 8 heteroatoms. The number of rotatable bonds is 2. The van der Waals surface area contributed by atoms with Crippen molar-refractivity contribution in [3.63, 3.8) is 0 Å². The molecule has 0 amide bonds. The number of fused-ring (bicyclic) bond motifs is 1. The summed E-state index contributed by atoms with van der Waals surface area (Å²) in [6, 6.07) is 4.03. The quantitative estimate of drug-likeness (QED) is 0.620. The normalized spacial score (nSPS) is 12.0. The Labute approximate surface area is 102 Å². The maximum Gasteiger partial charge on any atom is 0.446 e. The predicted octanol–water partition coefficient (Wildman–Crippen LogP) is 3.82. The monoisotopic (exact) mass is 281 g/mol. The van der Waals surface area contributed by atoms with Crippen LogP contribution in [0.25, 0.3) is 11.1 Å². The number of hydrogen-bond acceptors (Lipinski definition) is 4. The molecule has 0 aliphatic rings. The Morgan fingerprint density at radius 2 is 2.12 bits per heavy atom. The van der Waals surface area contributed by atoms with Crippen molar-refractivity contribution in [2.24, 2.45) is 0 Å². The summed E-state index contributed by atoms with van der Waals surface area (Å²) in [6.45, 7) is 0. The maximum atomic E-state index is 12.2. The van der Waals surface area contributed by atoms with Crippen LogP contribution in [-0.4, -0.2) is 15.7 Å². The average Bonchev–Trinajstić information content (AvgIpc) is 2.60. The molecule has 0 atom stereocenters. The van der Waals surface area contributed by atoms with Crippen LogP contribution in [0.2, 0.25) is 0 Å². The van der Waals surface area contributed by atoms with Crippen LogP contribution in [0.1, 0.15) is 10.7 Å². The van der Waals surface area contributed by atoms with Gasteiger partial charge in [-0.3, -0.25) is 4.79 Å². The van der Waals surface area contributed by atoms with Crippen molar-refractivity contribution < 1.29 is 22.4 Å². The summed E-state index contributed by atoms with van der Waals surface area (Å²) in [5.74, 6) is -0.420. The molecule has 0 unspecified atom stereocenters. The smallest absolute Gasteiger partial charge is 0.433 e. The van der Waals surface area contributed by atoms with Gasteiger partial charge in [-0.2, -0.15) is 13.2 Å². The van der Waals surface area contributed by atoms with Crippen LogP contribution in [0.5, 0.6) is 0 Å². The van der Waals surface area contributed by atoms with Crippen molar-refractivity contribution in [2.45, 2.75) is 10.4 Å². The van der Waals surface area contributed by atoms with E-state index in [1.54, 1.807) is 0 Å². The molecule has 3 nitrogen and oxygen atoms in total. The number of carbonyl (C=O) groups excluding carboxylic acids is 1. The molecule has 0 radical (unpaired) electrons. The van der Waals surface area contributed by atoms with E-state index in [-0.39, 0.29) is 27.8 Å². The summed E-state index contributed by atoms with van der Waals surface area (Å²) < 4.78 is 41.6. The second-order valence-corrected chi connectivity index (χ2v) is 4.39. The number of thioether (sulfide) groups is 1. The Morgan fingerprint density at radius 1 is 1.41 bits per heavy atom. The van der Waals surface area contributed by atoms with Gasteiger partial charge in [-0.05, 0) is 35.5 Å². The molecule has 0 aliphatic carbocycles. The van der Waals surface area contributed by atoms with Crippen LogP contribution >= 0.6 is 23.4 Å². The van der Waals surface area contributed by atoms with Gasteiger partial charge in [0.05, 0.1) is 0 Å². The van der Waals surface area contributed by atoms with E-state index in [2.05, 4.69) is 4.98 Å². The molecule has 0 aliphatic heterocycles. The van der Waals surface area contributed by atoms with Crippen molar-refractivity contribution in [3.8, 4) is 0 Å². The van der Waals surface area contributed by atoms with Gasteiger partial charge in [0.2, 0.25) is 0 Å². The fraction of sp³-hybridized carbons (Fsp3) is 0.111. The van der Waals surface area contributed by atoms with E-state index in [0.29, 0.717) is 0 Å². The minimum absolute atomic E-state index is 0.0289. The number of benzene rings is 1. The van der Waals surface area contributed by atoms with Gasteiger partial charge in [0, 0.05) is 4.90 Å². The van der Waals surface area contributed by atoms with E-state index in [4.69, 9.17) is 16.0 Å². The highest BCUT2D eigenvalue weighted by atomic mass is 35.5. The number of alkyl halides is 3. The minimum atomic E-state index is -4.43. The fourth-order valence-electron chi connectivity index (χ4n) is 1.21. The zero-order chi connectivity index (χ0) is 12.6. The third kappa shape index (κ3) is 2.73. The number of para-hydroxylation sites is 1. The third-order valence-corrected chi connectivity index (χ3v) is 2.72. The Balaban J connectivity index is 2.53. The Morgan fingerprint density at radius 3 is 2.71 bits per heavy atom. The van der Waals surface area contributed by atoms with E-state index in [1.807, 2.05) is 0 Å². The van der Waals surface area contributed by atoms with E-state index in [0.717, 1.165) is 0 Å². The molecule has 0 saturated carbocycles. The first-order valence-corrected chi connectivity index (χ1v) is 5.41. The molecule has 1 aromatic carbocycles. The van der Waals surface area contributed by atoms with Gasteiger partial charge >= 0.3 is 10.8 Å². The van der Waals surface area contributed by atoms with E-state index >= 15 is 0 Å². The molecule has 2 aromatic rings. The van der Waals surface area contributed by atoms with Crippen LogP contribution in [0, 0.1) is 0 Å². The minimum Gasteiger partial charge on any atom is -0.433 e. The lowest BCUT2D eigenvalue weighted by atomic mass is 10.3. The summed E-state index contributed by atoms with van der Waals surface area (Å²) in [5, 5.41) is -0.954. The first-order chi connectivity index (χ1) is 7.87. The molecule has 17 heavy (non-hydrogen) atoms. The van der Waals surface area contributed by atoms with Gasteiger partial charge in [-0.1, -0.05) is 6.07 Å². The highest BCUT2D eigenvalue weighted by Gasteiger charge is 2.31. The van der Waals surface area contributed by atoms with Gasteiger partial charge in [0.25, 0.3) is 5.89 Å². The molecule has 1 heterocycles. The number of aromatic nitrogens is 1. The number of nitrogens with zero attached hydrogens (tertiary/aromatic N) is 1. The average molecular weight is 282 g/mol. The zero-order valence-corrected chi connectivity index (χ0v) is 9.49. The molecule has 90 valence electrons. The van der Waals surface area contributed by atoms with Crippen molar-refractivity contribution in [2.75, 3.05) is 0 Å². The van der Waals surface area contributed by atoms with Gasteiger partial charge < -0.3 is 4.42 Å². The van der Waals surface area contributed by atoms with E-state index in [1.165, 1.54) is 18.2 Å². The predicted molar refractivity (Wildman–Crippen MR) is 56.1 cm³/mol. The number of oxazole rings is 1. The van der Waals surface area contributed by atoms with E-state index in [9.17, 15) is 18.0 Å². The van der Waals surface area contributed by atoms with Gasteiger partial charge in [-0.15, -0.1) is 0 Å². The molecular formula is C9H3ClF3NO2S. The molecule has 0 N–H and O–H groups in total. The molecule has 0 fully saturated rings. The first kappa shape index (κ1) is 12.3. The van der Waals surface area contributed by atoms with Crippen LogP contribution in [-0.2, 0) is 0 Å². The van der Waals surface area contributed by atoms with Crippen LogP contribution in [0.4, 0.5) is 13.2 Å². The molecule has 0 saturated heterocycles. The summed E-state index contributed by atoms with van der Waals surface area (Å²) in [7, 11) is 0. The Hall–Kier alpha value is -1.21. The zero-order valence-electron chi connectivity index (χ0n) is 7.92. The lowest BCUT2D eigenvalue weighted by Gasteiger charge is -2.04. The third-order valence-electron chi connectivity index (χ3n) is 1.78. The molecule has 1 aromatic heterocycles. The van der Waals surface area contributed by atoms with Crippen LogP contribution in [0.3, 0.4) is 0 Å². The van der Waals surface area contributed by atoms with E-state index < -0.39 is 16.6 Å². The summed E-state index contributed by atoms with van der Waals surface area (Å²) >= 11 is 4.81. The SMILES string of the molecule is O=C(Cl)c1nc2c(SC(F)(F)F)cccc2o1. The van der Waals surface area contributed by atoms with Crippen LogP contribution < -0.4 is 0 Å². The van der Waals surface area contributed by atoms with Crippen molar-refractivity contribution >= 4 is 39.7 Å². The van der Waals surface area contributed by atoms with Crippen molar-refractivity contribution in [3.05, 3.63) is 24.1 Å². The topological polar surface area (TPSA) is 43.1 Å². The van der Waals surface area contributed by atoms with Crippen molar-refractivity contribution in [1.29, 1.82) is 0 Å². The molecule has 0 spiro atoms. The standard InChI is InChI=1S/C9H3ClF3NO2S/c10-7(15)8-14-6-4(16-8)2-1-3-5(6)17-9(11,12)13/h1-3H. The Bertz CT molecular complexity index is 581. The molecule has 2 rings (SSSR count). The summed E-state index contributed by atoms with van der Waals surface area (Å²) in [5.41, 5.74) is -4.37. The number of hydrogen-bond donors (Lipinski definition) is 0. The lowest BCUT2D eigenvalue weighted by Crippen LogP contribution is -1.99. The molecule has 0 bridgehead atoms. The van der Waals surface area contributed by atoms with Crippen molar-refractivity contribution in [1.82, 2.24) is 4.98 Å². The highest BCUT2D eigenvalue weighted by molar-refractivity contribution is 8.00. The molecular weight excluding hydrogens is 279 g/mol. The fourth-order valence-corrected chi connectivity index (χ4v) is 1.93. The van der Waals surface area contributed by atoms with Gasteiger partial charge in [0.15, 0.2) is 5.58 Å². The number of carbonyl (C=O) groups is 1. The largest absolute Gasteiger partial charge is 0.446 e. The second kappa shape index (κ2) is 4.23. The van der Waals surface area contributed by atoms with Crippen LogP contribution in [0.15, 0.2) is 27.5 Å². The summed E-state index contributed by atoms with van der Waals surface area (Å²) in [6.07, 6.45) is 0. The lowest BCUT2D eigenvalue weighted by molar-refractivity contribution is -0.0327. The highest BCUT2D eigenvalue weighted by Crippen LogP contribution is 2.40. The van der Waals surface area contributed by atoms with Gasteiger partial charge in [-0.25, -0.2) is 4.98 Å². The number of halogens is 4. The van der Waals surface area contributed by atoms with Gasteiger partial charge in [0.1, 0.15) is 5.52 Å². The second-order valence-electron chi connectivity index (χ2n) is 2.94. The Kier molecular flexibility index (Phi) is 3.05. The maximum absolute atomic E-state index is 12.2. The first-order valence-electron chi connectivity index (χ1n) is 4.22. The summed E-state index contributed by atoms with van der Waals surface area (Å²) in [4.78, 5) is 14.3.